The van der Waals surface area contributed by atoms with Crippen molar-refractivity contribution in [2.75, 3.05) is 16.8 Å². The average Bonchev–Trinajstić information content (AvgIpc) is 3.32. The molecule has 1 aliphatic heterocycles. The van der Waals surface area contributed by atoms with Crippen molar-refractivity contribution in [1.29, 1.82) is 0 Å². The molecule has 2 atom stereocenters. The molecule has 6 nitrogen and oxygen atoms in total. The Morgan fingerprint density at radius 1 is 1.29 bits per heavy atom. The van der Waals surface area contributed by atoms with E-state index in [1.807, 2.05) is 35.0 Å². The third-order valence-corrected chi connectivity index (χ3v) is 7.65. The van der Waals surface area contributed by atoms with Gasteiger partial charge in [-0.15, -0.1) is 0 Å². The quantitative estimate of drug-likeness (QED) is 0.796. The fourth-order valence-corrected chi connectivity index (χ4v) is 5.60. The van der Waals surface area contributed by atoms with Crippen LogP contribution in [0.4, 0.5) is 5.69 Å². The van der Waals surface area contributed by atoms with E-state index in [0.29, 0.717) is 24.0 Å². The van der Waals surface area contributed by atoms with Crippen molar-refractivity contribution in [3.8, 4) is 0 Å². The Morgan fingerprint density at radius 3 is 2.68 bits per heavy atom. The van der Waals surface area contributed by atoms with Crippen LogP contribution in [0.25, 0.3) is 0 Å². The maximum absolute atomic E-state index is 12.9. The van der Waals surface area contributed by atoms with Crippen molar-refractivity contribution in [3.63, 3.8) is 0 Å². The molecule has 1 aromatic carbocycles. The molecule has 2 heterocycles. The molecule has 7 heteroatoms. The van der Waals surface area contributed by atoms with Gasteiger partial charge in [0.05, 0.1) is 17.5 Å². The summed E-state index contributed by atoms with van der Waals surface area (Å²) in [4.78, 5) is 12.9. The molecule has 2 unspecified atom stereocenters. The first-order chi connectivity index (χ1) is 13.4. The normalized spacial score (nSPS) is 22.1. The number of benzene rings is 1. The molecular formula is C21H27N3O3S. The number of carbonyl (C=O) groups is 1. The molecule has 1 N–H and O–H groups in total. The molecule has 1 saturated heterocycles. The van der Waals surface area contributed by atoms with Crippen LogP contribution in [0.3, 0.4) is 0 Å². The summed E-state index contributed by atoms with van der Waals surface area (Å²) >= 11 is 0. The van der Waals surface area contributed by atoms with E-state index in [9.17, 15) is 13.2 Å². The highest BCUT2D eigenvalue weighted by molar-refractivity contribution is 7.91. The topological polar surface area (TPSA) is 81.1 Å². The van der Waals surface area contributed by atoms with Crippen LogP contribution in [0.5, 0.6) is 0 Å². The van der Waals surface area contributed by atoms with Gasteiger partial charge in [-0.2, -0.15) is 5.10 Å². The van der Waals surface area contributed by atoms with Crippen LogP contribution in [0, 0.1) is 0 Å². The van der Waals surface area contributed by atoms with E-state index in [4.69, 9.17) is 0 Å². The van der Waals surface area contributed by atoms with Gasteiger partial charge in [-0.1, -0.05) is 32.0 Å². The number of rotatable bonds is 6. The van der Waals surface area contributed by atoms with Gasteiger partial charge in [0.2, 0.25) is 0 Å². The summed E-state index contributed by atoms with van der Waals surface area (Å²) in [5.74, 6) is 0.819. The van der Waals surface area contributed by atoms with E-state index in [0.717, 1.165) is 36.2 Å². The first-order valence-corrected chi connectivity index (χ1v) is 11.9. The number of hydrogen-bond donors (Lipinski definition) is 1. The minimum Gasteiger partial charge on any atom is -0.320 e. The second-order valence-electron chi connectivity index (χ2n) is 8.08. The van der Waals surface area contributed by atoms with E-state index in [-0.39, 0.29) is 23.5 Å². The molecule has 0 spiro atoms. The molecule has 4 rings (SSSR count). The molecule has 2 aliphatic rings. The lowest BCUT2D eigenvalue weighted by atomic mass is 9.97. The third-order valence-electron chi connectivity index (χ3n) is 5.90. The molecule has 1 aromatic heterocycles. The molecule has 1 saturated carbocycles. The van der Waals surface area contributed by atoms with Crippen LogP contribution >= 0.6 is 0 Å². The summed E-state index contributed by atoms with van der Waals surface area (Å²) in [6.07, 6.45) is 3.71. The van der Waals surface area contributed by atoms with Crippen LogP contribution in [-0.2, 0) is 9.84 Å². The standard InChI is InChI=1S/C21H27N3O3S/c1-3-14(2)17-6-4-5-7-18(17)22-21(25)19-12-20(15-8-9-15)24(23-19)16-10-11-28(26,27)13-16/h4-7,12,14-16H,3,8-11,13H2,1-2H3,(H,22,25). The summed E-state index contributed by atoms with van der Waals surface area (Å²) in [6.45, 7) is 4.27. The van der Waals surface area contributed by atoms with Crippen molar-refractivity contribution in [3.05, 3.63) is 47.3 Å². The zero-order chi connectivity index (χ0) is 19.9. The largest absolute Gasteiger partial charge is 0.320 e. The molecule has 1 amide bonds. The van der Waals surface area contributed by atoms with Crippen molar-refractivity contribution in [2.24, 2.45) is 0 Å². The first-order valence-electron chi connectivity index (χ1n) is 10.1. The van der Waals surface area contributed by atoms with E-state index < -0.39 is 9.84 Å². The van der Waals surface area contributed by atoms with E-state index in [1.54, 1.807) is 0 Å². The molecular weight excluding hydrogens is 374 g/mol. The molecule has 150 valence electrons. The van der Waals surface area contributed by atoms with Crippen LogP contribution in [0.15, 0.2) is 30.3 Å². The zero-order valence-corrected chi connectivity index (χ0v) is 17.2. The minimum absolute atomic E-state index is 0.117. The lowest BCUT2D eigenvalue weighted by Gasteiger charge is -2.15. The predicted molar refractivity (Wildman–Crippen MR) is 110 cm³/mol. The number of nitrogens with zero attached hydrogens (tertiary/aromatic N) is 2. The van der Waals surface area contributed by atoms with Gasteiger partial charge >= 0.3 is 0 Å². The number of anilines is 1. The molecule has 1 aliphatic carbocycles. The number of carbonyl (C=O) groups excluding carboxylic acids is 1. The Morgan fingerprint density at radius 2 is 2.04 bits per heavy atom. The van der Waals surface area contributed by atoms with Gasteiger partial charge in [0.25, 0.3) is 5.91 Å². The van der Waals surface area contributed by atoms with Crippen molar-refractivity contribution in [1.82, 2.24) is 9.78 Å². The molecule has 28 heavy (non-hydrogen) atoms. The van der Waals surface area contributed by atoms with Gasteiger partial charge in [-0.3, -0.25) is 9.48 Å². The second kappa shape index (κ2) is 7.35. The Hall–Kier alpha value is -2.15. The summed E-state index contributed by atoms with van der Waals surface area (Å²) in [7, 11) is -3.00. The lowest BCUT2D eigenvalue weighted by molar-refractivity contribution is 0.102. The van der Waals surface area contributed by atoms with Crippen molar-refractivity contribution >= 4 is 21.4 Å². The fraction of sp³-hybridized carbons (Fsp3) is 0.524. The lowest BCUT2D eigenvalue weighted by Crippen LogP contribution is -2.17. The van der Waals surface area contributed by atoms with Crippen LogP contribution in [0.2, 0.25) is 0 Å². The maximum atomic E-state index is 12.9. The number of nitrogens with one attached hydrogen (secondary N) is 1. The number of sulfone groups is 1. The Labute approximate surface area is 166 Å². The fourth-order valence-electron chi connectivity index (χ4n) is 3.91. The van der Waals surface area contributed by atoms with E-state index in [1.165, 1.54) is 0 Å². The SMILES string of the molecule is CCC(C)c1ccccc1NC(=O)c1cc(C2CC2)n(C2CCS(=O)(=O)C2)n1. The monoisotopic (exact) mass is 401 g/mol. The van der Waals surface area contributed by atoms with Gasteiger partial charge in [0, 0.05) is 17.3 Å². The smallest absolute Gasteiger partial charge is 0.276 e. The second-order valence-corrected chi connectivity index (χ2v) is 10.3. The Kier molecular flexibility index (Phi) is 5.04. The van der Waals surface area contributed by atoms with Crippen molar-refractivity contribution < 1.29 is 13.2 Å². The number of hydrogen-bond acceptors (Lipinski definition) is 4. The molecule has 2 aromatic rings. The van der Waals surface area contributed by atoms with Gasteiger partial charge in [-0.25, -0.2) is 8.42 Å². The van der Waals surface area contributed by atoms with Crippen LogP contribution in [0.1, 0.15) is 79.2 Å². The highest BCUT2D eigenvalue weighted by atomic mass is 32.2. The molecule has 0 bridgehead atoms. The average molecular weight is 402 g/mol. The maximum Gasteiger partial charge on any atom is 0.276 e. The minimum atomic E-state index is -3.00. The Balaban J connectivity index is 1.60. The molecule has 2 fully saturated rings. The summed E-state index contributed by atoms with van der Waals surface area (Å²) < 4.78 is 25.6. The number of aromatic nitrogens is 2. The third kappa shape index (κ3) is 3.85. The summed E-state index contributed by atoms with van der Waals surface area (Å²) in [6, 6.07) is 9.55. The predicted octanol–water partition coefficient (Wildman–Crippen LogP) is 3.89. The highest BCUT2D eigenvalue weighted by Crippen LogP contribution is 2.42. The highest BCUT2D eigenvalue weighted by Gasteiger charge is 2.36. The van der Waals surface area contributed by atoms with Gasteiger partial charge < -0.3 is 5.32 Å². The Bertz CT molecular complexity index is 992. The van der Waals surface area contributed by atoms with Crippen LogP contribution in [-0.4, -0.2) is 35.6 Å². The van der Waals surface area contributed by atoms with E-state index in [2.05, 4.69) is 24.3 Å². The number of para-hydroxylation sites is 1. The summed E-state index contributed by atoms with van der Waals surface area (Å²) in [5.41, 5.74) is 3.29. The van der Waals surface area contributed by atoms with Gasteiger partial charge in [0.1, 0.15) is 0 Å². The van der Waals surface area contributed by atoms with Gasteiger partial charge in [-0.05, 0) is 49.3 Å². The van der Waals surface area contributed by atoms with Crippen LogP contribution < -0.4 is 5.32 Å². The summed E-state index contributed by atoms with van der Waals surface area (Å²) in [5, 5.41) is 7.57. The zero-order valence-electron chi connectivity index (χ0n) is 16.4. The molecule has 0 radical (unpaired) electrons. The number of amides is 1. The van der Waals surface area contributed by atoms with E-state index >= 15 is 0 Å². The van der Waals surface area contributed by atoms with Gasteiger partial charge in [0.15, 0.2) is 15.5 Å². The van der Waals surface area contributed by atoms with Crippen molar-refractivity contribution in [2.45, 2.75) is 57.4 Å². The first kappa shape index (κ1) is 19.2.